The van der Waals surface area contributed by atoms with Crippen LogP contribution in [0.25, 0.3) is 0 Å². The van der Waals surface area contributed by atoms with E-state index < -0.39 is 18.2 Å². The van der Waals surface area contributed by atoms with Crippen LogP contribution in [-0.2, 0) is 4.79 Å². The molecule has 0 unspecified atom stereocenters. The third-order valence-corrected chi connectivity index (χ3v) is 6.02. The van der Waals surface area contributed by atoms with Crippen LogP contribution in [0, 0.1) is 0 Å². The van der Waals surface area contributed by atoms with Crippen molar-refractivity contribution >= 4 is 52.9 Å². The molecule has 0 radical (unpaired) electrons. The Bertz CT molecular complexity index is 1460. The molecule has 41 heavy (non-hydrogen) atoms. The number of amides is 1. The second-order valence-electron chi connectivity index (χ2n) is 8.25. The smallest absolute Gasteiger partial charge is 0.343 e. The summed E-state index contributed by atoms with van der Waals surface area (Å²) in [6.45, 7) is 2.13. The molecule has 11 heteroatoms. The van der Waals surface area contributed by atoms with E-state index >= 15 is 0 Å². The lowest BCUT2D eigenvalue weighted by atomic mass is 10.2. The van der Waals surface area contributed by atoms with Gasteiger partial charge in [-0.2, -0.15) is 5.10 Å². The first-order chi connectivity index (χ1) is 19.8. The predicted octanol–water partition coefficient (Wildman–Crippen LogP) is 7.20. The van der Waals surface area contributed by atoms with Gasteiger partial charge in [-0.15, -0.1) is 0 Å². The summed E-state index contributed by atoms with van der Waals surface area (Å²) < 4.78 is 22.6. The number of carbonyl (C=O) groups excluding carboxylic acids is 2. The molecule has 0 fully saturated rings. The zero-order chi connectivity index (χ0) is 29.2. The number of hydrogen-bond donors (Lipinski definition) is 1. The van der Waals surface area contributed by atoms with E-state index in [1.807, 2.05) is 0 Å². The summed E-state index contributed by atoms with van der Waals surface area (Å²) in [5.41, 5.74) is 3.31. The van der Waals surface area contributed by atoms with Gasteiger partial charge in [0.25, 0.3) is 0 Å². The van der Waals surface area contributed by atoms with E-state index in [4.69, 9.17) is 53.8 Å². The molecular formula is C30H23Cl3N2O6. The minimum absolute atomic E-state index is 0.223. The molecule has 4 rings (SSSR count). The molecule has 0 saturated carbocycles. The Morgan fingerprint density at radius 3 is 1.85 bits per heavy atom. The maximum Gasteiger partial charge on any atom is 0.343 e. The van der Waals surface area contributed by atoms with Crippen molar-refractivity contribution in [3.8, 4) is 23.0 Å². The van der Waals surface area contributed by atoms with Gasteiger partial charge >= 0.3 is 18.2 Å². The van der Waals surface area contributed by atoms with E-state index in [-0.39, 0.29) is 5.75 Å². The van der Waals surface area contributed by atoms with E-state index in [0.717, 1.165) is 0 Å². The van der Waals surface area contributed by atoms with Crippen molar-refractivity contribution < 1.29 is 28.5 Å². The summed E-state index contributed by atoms with van der Waals surface area (Å²) in [6.07, 6.45) is 0.00971. The Labute approximate surface area is 251 Å². The van der Waals surface area contributed by atoms with E-state index in [0.29, 0.717) is 50.1 Å². The molecule has 0 aliphatic heterocycles. The Morgan fingerprint density at radius 2 is 1.32 bits per heavy atom. The Balaban J connectivity index is 1.45. The van der Waals surface area contributed by atoms with Gasteiger partial charge in [0.1, 0.15) is 11.5 Å². The van der Waals surface area contributed by atoms with Crippen LogP contribution in [0.5, 0.6) is 23.0 Å². The number of halogens is 3. The van der Waals surface area contributed by atoms with Gasteiger partial charge in [-0.1, -0.05) is 34.8 Å². The summed E-state index contributed by atoms with van der Waals surface area (Å²) in [5.74, 6) is 0.0180. The van der Waals surface area contributed by atoms with Gasteiger partial charge < -0.3 is 18.9 Å². The zero-order valence-electron chi connectivity index (χ0n) is 21.6. The molecule has 1 amide bonds. The monoisotopic (exact) mass is 612 g/mol. The van der Waals surface area contributed by atoms with Crippen LogP contribution in [0.15, 0.2) is 96.1 Å². The van der Waals surface area contributed by atoms with Crippen molar-refractivity contribution in [1.29, 1.82) is 0 Å². The Hall–Kier alpha value is -4.24. The molecule has 0 bridgehead atoms. The number of esters is 1. The molecule has 1 N–H and O–H groups in total. The van der Waals surface area contributed by atoms with Gasteiger partial charge in [-0.05, 0) is 103 Å². The molecule has 0 aliphatic carbocycles. The number of ether oxygens (including phenoxy) is 4. The van der Waals surface area contributed by atoms with Crippen LogP contribution in [0.4, 0.5) is 0 Å². The summed E-state index contributed by atoms with van der Waals surface area (Å²) in [7, 11) is 0. The SMILES string of the molecule is CCOc1cc(/C=N/NC(=O)C(Oc2ccc(Cl)cc2)Oc2ccc(Cl)cc2)ccc1OC(=O)c1ccc(Cl)cc1. The average molecular weight is 614 g/mol. The van der Waals surface area contributed by atoms with Gasteiger partial charge in [0.15, 0.2) is 11.5 Å². The fourth-order valence-electron chi connectivity index (χ4n) is 3.33. The number of hydrazone groups is 1. The van der Waals surface area contributed by atoms with Crippen molar-refractivity contribution in [2.75, 3.05) is 6.61 Å². The number of hydrogen-bond acceptors (Lipinski definition) is 7. The number of rotatable bonds is 11. The van der Waals surface area contributed by atoms with E-state index in [1.54, 1.807) is 97.9 Å². The first-order valence-electron chi connectivity index (χ1n) is 12.2. The number of benzene rings is 4. The highest BCUT2D eigenvalue weighted by molar-refractivity contribution is 6.31. The normalized spacial score (nSPS) is 10.9. The quantitative estimate of drug-likeness (QED) is 0.0632. The first kappa shape index (κ1) is 29.7. The maximum absolute atomic E-state index is 13.0. The number of nitrogens with zero attached hydrogens (tertiary/aromatic N) is 1. The summed E-state index contributed by atoms with van der Waals surface area (Å²) in [4.78, 5) is 25.5. The standard InChI is InChI=1S/C30H23Cl3N2O6/c1-2-38-27-17-19(3-16-26(27)41-29(37)20-4-6-21(31)7-5-20)18-34-35-28(36)30(39-24-12-8-22(32)9-13-24)40-25-14-10-23(33)11-15-25/h3-18,30H,2H2,1H3,(H,35,36)/b34-18+. The predicted molar refractivity (Wildman–Crippen MR) is 158 cm³/mol. The van der Waals surface area contributed by atoms with Crippen molar-refractivity contribution in [3.63, 3.8) is 0 Å². The van der Waals surface area contributed by atoms with Crippen molar-refractivity contribution in [2.24, 2.45) is 5.10 Å². The largest absolute Gasteiger partial charge is 0.490 e. The average Bonchev–Trinajstić information content (AvgIpc) is 2.96. The second kappa shape index (κ2) is 14.4. The molecule has 0 spiro atoms. The number of nitrogens with one attached hydrogen (secondary N) is 1. The molecule has 4 aromatic rings. The van der Waals surface area contributed by atoms with Crippen LogP contribution in [0.2, 0.25) is 15.1 Å². The zero-order valence-corrected chi connectivity index (χ0v) is 23.8. The minimum Gasteiger partial charge on any atom is -0.490 e. The topological polar surface area (TPSA) is 95.5 Å². The highest BCUT2D eigenvalue weighted by Crippen LogP contribution is 2.29. The summed E-state index contributed by atoms with van der Waals surface area (Å²) in [5, 5.41) is 5.55. The lowest BCUT2D eigenvalue weighted by molar-refractivity contribution is -0.140. The Morgan fingerprint density at radius 1 is 0.780 bits per heavy atom. The van der Waals surface area contributed by atoms with Gasteiger partial charge in [0.05, 0.1) is 18.4 Å². The first-order valence-corrected chi connectivity index (χ1v) is 13.4. The molecule has 0 aromatic heterocycles. The summed E-state index contributed by atoms with van der Waals surface area (Å²) in [6, 6.07) is 24.1. The van der Waals surface area contributed by atoms with Crippen LogP contribution in [0.1, 0.15) is 22.8 Å². The molecule has 8 nitrogen and oxygen atoms in total. The van der Waals surface area contributed by atoms with Gasteiger partial charge in [0.2, 0.25) is 0 Å². The molecule has 210 valence electrons. The molecule has 0 atom stereocenters. The molecule has 4 aromatic carbocycles. The molecule has 0 saturated heterocycles. The third kappa shape index (κ3) is 8.88. The van der Waals surface area contributed by atoms with E-state index in [9.17, 15) is 9.59 Å². The Kier molecular flexibility index (Phi) is 10.5. The van der Waals surface area contributed by atoms with E-state index in [1.165, 1.54) is 6.21 Å². The van der Waals surface area contributed by atoms with Crippen LogP contribution in [-0.4, -0.2) is 31.0 Å². The fourth-order valence-corrected chi connectivity index (χ4v) is 3.71. The second-order valence-corrected chi connectivity index (χ2v) is 9.55. The van der Waals surface area contributed by atoms with Gasteiger partial charge in [-0.25, -0.2) is 10.2 Å². The molecule has 0 aliphatic rings. The van der Waals surface area contributed by atoms with Crippen LogP contribution < -0.4 is 24.4 Å². The lowest BCUT2D eigenvalue weighted by Crippen LogP contribution is -2.40. The van der Waals surface area contributed by atoms with Crippen LogP contribution >= 0.6 is 34.8 Å². The van der Waals surface area contributed by atoms with Crippen molar-refractivity contribution in [1.82, 2.24) is 5.43 Å². The highest BCUT2D eigenvalue weighted by atomic mass is 35.5. The summed E-state index contributed by atoms with van der Waals surface area (Å²) >= 11 is 17.8. The van der Waals surface area contributed by atoms with Gasteiger partial charge in [0, 0.05) is 15.1 Å². The van der Waals surface area contributed by atoms with Crippen molar-refractivity contribution in [2.45, 2.75) is 13.2 Å². The van der Waals surface area contributed by atoms with Gasteiger partial charge in [-0.3, -0.25) is 4.79 Å². The number of carbonyl (C=O) groups is 2. The highest BCUT2D eigenvalue weighted by Gasteiger charge is 2.23. The lowest BCUT2D eigenvalue weighted by Gasteiger charge is -2.19. The van der Waals surface area contributed by atoms with Crippen molar-refractivity contribution in [3.05, 3.63) is 117 Å². The molecular weight excluding hydrogens is 591 g/mol. The minimum atomic E-state index is -1.39. The fraction of sp³-hybridized carbons (Fsp3) is 0.100. The third-order valence-electron chi connectivity index (χ3n) is 5.27. The maximum atomic E-state index is 13.0. The molecule has 0 heterocycles. The van der Waals surface area contributed by atoms with E-state index in [2.05, 4.69) is 10.5 Å². The van der Waals surface area contributed by atoms with Crippen LogP contribution in [0.3, 0.4) is 0 Å².